The summed E-state index contributed by atoms with van der Waals surface area (Å²) in [6.07, 6.45) is 10.5. The average Bonchev–Trinajstić information content (AvgIpc) is 2.72. The van der Waals surface area contributed by atoms with Gasteiger partial charge in [-0.25, -0.2) is 0 Å². The van der Waals surface area contributed by atoms with Gasteiger partial charge < -0.3 is 4.74 Å². The van der Waals surface area contributed by atoms with Gasteiger partial charge in [-0.3, -0.25) is 4.68 Å². The third-order valence-corrected chi connectivity index (χ3v) is 3.42. The molecule has 1 aromatic rings. The first-order valence-electron chi connectivity index (χ1n) is 5.81. The first-order chi connectivity index (χ1) is 7.35. The van der Waals surface area contributed by atoms with Crippen molar-refractivity contribution in [3.63, 3.8) is 0 Å². The molecule has 0 amide bonds. The fourth-order valence-electron chi connectivity index (χ4n) is 2.69. The Kier molecular flexibility index (Phi) is 3.41. The lowest BCUT2D eigenvalue weighted by Crippen LogP contribution is -2.34. The highest BCUT2D eigenvalue weighted by molar-refractivity contribution is 4.86. The maximum absolute atomic E-state index is 5.39. The number of nitrogens with zero attached hydrogens (tertiary/aromatic N) is 2. The summed E-state index contributed by atoms with van der Waals surface area (Å²) in [5, 5.41) is 4.30. The van der Waals surface area contributed by atoms with Gasteiger partial charge in [-0.05, 0) is 18.9 Å². The second-order valence-electron chi connectivity index (χ2n) is 4.70. The SMILES string of the molecule is COCC1(Cn2cccn2)CCCCC1. The van der Waals surface area contributed by atoms with E-state index in [1.807, 2.05) is 23.1 Å². The van der Waals surface area contributed by atoms with E-state index in [1.165, 1.54) is 32.1 Å². The lowest BCUT2D eigenvalue weighted by Gasteiger charge is -2.36. The zero-order valence-electron chi connectivity index (χ0n) is 9.48. The second kappa shape index (κ2) is 4.79. The molecule has 0 unspecified atom stereocenters. The number of aromatic nitrogens is 2. The van der Waals surface area contributed by atoms with Crippen molar-refractivity contribution in [2.24, 2.45) is 5.41 Å². The molecule has 1 aromatic heterocycles. The van der Waals surface area contributed by atoms with E-state index in [0.717, 1.165) is 13.2 Å². The highest BCUT2D eigenvalue weighted by Gasteiger charge is 2.32. The van der Waals surface area contributed by atoms with Gasteiger partial charge in [0.2, 0.25) is 0 Å². The summed E-state index contributed by atoms with van der Waals surface area (Å²) in [5.74, 6) is 0. The normalized spacial score (nSPS) is 20.3. The van der Waals surface area contributed by atoms with E-state index in [9.17, 15) is 0 Å². The number of hydrogen-bond donors (Lipinski definition) is 0. The minimum atomic E-state index is 0.332. The summed E-state index contributed by atoms with van der Waals surface area (Å²) in [5.41, 5.74) is 0.332. The zero-order valence-corrected chi connectivity index (χ0v) is 9.48. The van der Waals surface area contributed by atoms with Gasteiger partial charge in [-0.1, -0.05) is 19.3 Å². The minimum absolute atomic E-state index is 0.332. The third kappa shape index (κ3) is 2.59. The van der Waals surface area contributed by atoms with Gasteiger partial charge in [0.1, 0.15) is 0 Å². The Balaban J connectivity index is 2.04. The van der Waals surface area contributed by atoms with E-state index in [-0.39, 0.29) is 0 Å². The van der Waals surface area contributed by atoms with E-state index in [2.05, 4.69) is 5.10 Å². The van der Waals surface area contributed by atoms with Crippen LogP contribution in [-0.4, -0.2) is 23.5 Å². The Labute approximate surface area is 91.4 Å². The Morgan fingerprint density at radius 1 is 1.33 bits per heavy atom. The topological polar surface area (TPSA) is 27.1 Å². The second-order valence-corrected chi connectivity index (χ2v) is 4.70. The van der Waals surface area contributed by atoms with Crippen molar-refractivity contribution < 1.29 is 4.74 Å². The Morgan fingerprint density at radius 3 is 2.73 bits per heavy atom. The van der Waals surface area contributed by atoms with Crippen molar-refractivity contribution in [2.75, 3.05) is 13.7 Å². The molecule has 0 radical (unpaired) electrons. The van der Waals surface area contributed by atoms with Crippen molar-refractivity contribution >= 4 is 0 Å². The predicted molar refractivity (Wildman–Crippen MR) is 59.6 cm³/mol. The largest absolute Gasteiger partial charge is 0.384 e. The summed E-state index contributed by atoms with van der Waals surface area (Å²) in [4.78, 5) is 0. The van der Waals surface area contributed by atoms with Gasteiger partial charge >= 0.3 is 0 Å². The van der Waals surface area contributed by atoms with Crippen LogP contribution in [0.3, 0.4) is 0 Å². The maximum Gasteiger partial charge on any atom is 0.0536 e. The summed E-state index contributed by atoms with van der Waals surface area (Å²) in [6.45, 7) is 1.88. The molecule has 0 spiro atoms. The van der Waals surface area contributed by atoms with Gasteiger partial charge in [0.25, 0.3) is 0 Å². The molecule has 15 heavy (non-hydrogen) atoms. The molecule has 0 saturated heterocycles. The molecular formula is C12H20N2O. The van der Waals surface area contributed by atoms with Crippen LogP contribution < -0.4 is 0 Å². The van der Waals surface area contributed by atoms with Gasteiger partial charge in [-0.2, -0.15) is 5.10 Å². The van der Waals surface area contributed by atoms with Crippen LogP contribution in [0.25, 0.3) is 0 Å². The van der Waals surface area contributed by atoms with Crippen LogP contribution in [0, 0.1) is 5.41 Å². The first kappa shape index (κ1) is 10.7. The molecular weight excluding hydrogens is 188 g/mol. The molecule has 3 heteroatoms. The van der Waals surface area contributed by atoms with Gasteiger partial charge in [0.05, 0.1) is 6.61 Å². The van der Waals surface area contributed by atoms with Crippen molar-refractivity contribution in [1.29, 1.82) is 0 Å². The molecule has 84 valence electrons. The van der Waals surface area contributed by atoms with Gasteiger partial charge in [-0.15, -0.1) is 0 Å². The molecule has 1 fully saturated rings. The first-order valence-corrected chi connectivity index (χ1v) is 5.81. The Morgan fingerprint density at radius 2 is 2.13 bits per heavy atom. The van der Waals surface area contributed by atoms with Crippen molar-refractivity contribution in [3.8, 4) is 0 Å². The smallest absolute Gasteiger partial charge is 0.0536 e. The monoisotopic (exact) mass is 208 g/mol. The van der Waals surface area contributed by atoms with E-state index >= 15 is 0 Å². The molecule has 1 aliphatic carbocycles. The standard InChI is InChI=1S/C12H20N2O/c1-15-11-12(6-3-2-4-7-12)10-14-9-5-8-13-14/h5,8-9H,2-4,6-7,10-11H2,1H3. The van der Waals surface area contributed by atoms with Gasteiger partial charge in [0, 0.05) is 31.5 Å². The minimum Gasteiger partial charge on any atom is -0.384 e. The number of ether oxygens (including phenoxy) is 1. The summed E-state index contributed by atoms with van der Waals surface area (Å²) in [7, 11) is 1.81. The molecule has 1 aliphatic rings. The number of methoxy groups -OCH3 is 1. The van der Waals surface area contributed by atoms with Gasteiger partial charge in [0.15, 0.2) is 0 Å². The van der Waals surface area contributed by atoms with Crippen LogP contribution in [0.5, 0.6) is 0 Å². The van der Waals surface area contributed by atoms with Crippen LogP contribution in [0.15, 0.2) is 18.5 Å². The van der Waals surface area contributed by atoms with E-state index in [1.54, 1.807) is 7.11 Å². The van der Waals surface area contributed by atoms with Crippen LogP contribution in [0.2, 0.25) is 0 Å². The third-order valence-electron chi connectivity index (χ3n) is 3.42. The molecule has 3 nitrogen and oxygen atoms in total. The van der Waals surface area contributed by atoms with Crippen LogP contribution in [0.1, 0.15) is 32.1 Å². The fourth-order valence-corrected chi connectivity index (χ4v) is 2.69. The van der Waals surface area contributed by atoms with E-state index in [0.29, 0.717) is 5.41 Å². The molecule has 1 saturated carbocycles. The Hall–Kier alpha value is -0.830. The lowest BCUT2D eigenvalue weighted by atomic mass is 9.74. The van der Waals surface area contributed by atoms with Crippen LogP contribution >= 0.6 is 0 Å². The number of hydrogen-bond acceptors (Lipinski definition) is 2. The average molecular weight is 208 g/mol. The van der Waals surface area contributed by atoms with Crippen LogP contribution in [-0.2, 0) is 11.3 Å². The maximum atomic E-state index is 5.39. The summed E-state index contributed by atoms with van der Waals surface area (Å²) in [6, 6.07) is 1.99. The van der Waals surface area contributed by atoms with Crippen molar-refractivity contribution in [1.82, 2.24) is 9.78 Å². The molecule has 0 atom stereocenters. The molecule has 1 heterocycles. The van der Waals surface area contributed by atoms with E-state index < -0.39 is 0 Å². The summed E-state index contributed by atoms with van der Waals surface area (Å²) >= 11 is 0. The predicted octanol–water partition coefficient (Wildman–Crippen LogP) is 2.48. The molecule has 2 rings (SSSR count). The lowest BCUT2D eigenvalue weighted by molar-refractivity contribution is 0.0321. The van der Waals surface area contributed by atoms with Crippen LogP contribution in [0.4, 0.5) is 0 Å². The Bertz CT molecular complexity index is 270. The highest BCUT2D eigenvalue weighted by atomic mass is 16.5. The summed E-state index contributed by atoms with van der Waals surface area (Å²) < 4.78 is 7.44. The molecule has 0 N–H and O–H groups in total. The van der Waals surface area contributed by atoms with E-state index in [4.69, 9.17) is 4.74 Å². The van der Waals surface area contributed by atoms with Crippen molar-refractivity contribution in [3.05, 3.63) is 18.5 Å². The molecule has 0 aromatic carbocycles. The highest BCUT2D eigenvalue weighted by Crippen LogP contribution is 2.37. The zero-order chi connectivity index (χ0) is 10.6. The molecule has 0 aliphatic heterocycles. The fraction of sp³-hybridized carbons (Fsp3) is 0.750. The quantitative estimate of drug-likeness (QED) is 0.760. The molecule has 0 bridgehead atoms. The van der Waals surface area contributed by atoms with Crippen molar-refractivity contribution in [2.45, 2.75) is 38.6 Å². The number of rotatable bonds is 4.